The maximum absolute atomic E-state index is 13.7. The Balaban J connectivity index is 1.56. The number of hydrogen-bond donors (Lipinski definition) is 1. The molecule has 0 atom stereocenters. The molecule has 6 heteroatoms. The molecule has 6 nitrogen and oxygen atoms in total. The standard InChI is InChI=1S/C28H35N3O3/c1-34-27(32)15-12-22-6-5-9-26(20-22)31(28(33)24-7-3-2-4-8-24)21-23-10-13-25(14-11-23)30-18-16-29-17-19-30/h5-6,9-15,20,24,29H,2-4,7-8,16-19,21H2,1H3/b15-12+. The Kier molecular flexibility index (Phi) is 8.36. The summed E-state index contributed by atoms with van der Waals surface area (Å²) in [5.74, 6) is -0.131. The lowest BCUT2D eigenvalue weighted by atomic mass is 9.88. The lowest BCUT2D eigenvalue weighted by molar-refractivity contribution is -0.134. The van der Waals surface area contributed by atoms with Crippen molar-refractivity contribution in [1.82, 2.24) is 5.32 Å². The van der Waals surface area contributed by atoms with Gasteiger partial charge in [-0.2, -0.15) is 0 Å². The number of nitrogens with zero attached hydrogens (tertiary/aromatic N) is 2. The van der Waals surface area contributed by atoms with Crippen molar-refractivity contribution in [2.75, 3.05) is 43.1 Å². The van der Waals surface area contributed by atoms with Crippen molar-refractivity contribution in [3.63, 3.8) is 0 Å². The summed E-state index contributed by atoms with van der Waals surface area (Å²) in [4.78, 5) is 29.5. The minimum absolute atomic E-state index is 0.0724. The van der Waals surface area contributed by atoms with E-state index in [-0.39, 0.29) is 11.8 Å². The fourth-order valence-corrected chi connectivity index (χ4v) is 4.81. The van der Waals surface area contributed by atoms with E-state index in [4.69, 9.17) is 4.74 Å². The zero-order valence-electron chi connectivity index (χ0n) is 20.0. The normalized spacial score (nSPS) is 17.0. The number of amides is 1. The molecule has 180 valence electrons. The maximum Gasteiger partial charge on any atom is 0.330 e. The van der Waals surface area contributed by atoms with Gasteiger partial charge >= 0.3 is 5.97 Å². The molecule has 2 fully saturated rings. The van der Waals surface area contributed by atoms with Gasteiger partial charge in [0.15, 0.2) is 0 Å². The summed E-state index contributed by atoms with van der Waals surface area (Å²) in [6, 6.07) is 16.4. The van der Waals surface area contributed by atoms with E-state index in [2.05, 4.69) is 34.5 Å². The number of esters is 1. The number of nitrogens with one attached hydrogen (secondary N) is 1. The molecule has 1 aliphatic carbocycles. The Morgan fingerprint density at radius 3 is 2.50 bits per heavy atom. The lowest BCUT2D eigenvalue weighted by Crippen LogP contribution is -2.43. The highest BCUT2D eigenvalue weighted by molar-refractivity contribution is 5.95. The number of piperazine rings is 1. The molecule has 1 amide bonds. The second-order valence-electron chi connectivity index (χ2n) is 9.11. The summed E-state index contributed by atoms with van der Waals surface area (Å²) in [5, 5.41) is 3.39. The molecule has 1 saturated heterocycles. The van der Waals surface area contributed by atoms with Gasteiger partial charge in [0, 0.05) is 49.5 Å². The van der Waals surface area contributed by atoms with Crippen LogP contribution in [0.25, 0.3) is 6.08 Å². The van der Waals surface area contributed by atoms with Gasteiger partial charge in [-0.1, -0.05) is 43.5 Å². The van der Waals surface area contributed by atoms with E-state index in [9.17, 15) is 9.59 Å². The fourth-order valence-electron chi connectivity index (χ4n) is 4.81. The number of rotatable bonds is 7. The van der Waals surface area contributed by atoms with Crippen molar-refractivity contribution in [3.05, 3.63) is 65.7 Å². The predicted molar refractivity (Wildman–Crippen MR) is 137 cm³/mol. The molecule has 1 aliphatic heterocycles. The molecule has 1 heterocycles. The molecule has 2 aromatic carbocycles. The van der Waals surface area contributed by atoms with E-state index in [1.54, 1.807) is 6.08 Å². The van der Waals surface area contributed by atoms with Gasteiger partial charge in [-0.25, -0.2) is 4.79 Å². The van der Waals surface area contributed by atoms with Crippen LogP contribution in [0.5, 0.6) is 0 Å². The molecule has 0 bridgehead atoms. The van der Waals surface area contributed by atoms with Gasteiger partial charge in [-0.05, 0) is 54.3 Å². The molecule has 34 heavy (non-hydrogen) atoms. The average molecular weight is 462 g/mol. The maximum atomic E-state index is 13.7. The fraction of sp³-hybridized carbons (Fsp3) is 0.429. The van der Waals surface area contributed by atoms with Gasteiger partial charge in [0.2, 0.25) is 5.91 Å². The van der Waals surface area contributed by atoms with E-state index in [1.165, 1.54) is 25.3 Å². The van der Waals surface area contributed by atoms with Crippen molar-refractivity contribution >= 4 is 29.3 Å². The van der Waals surface area contributed by atoms with Gasteiger partial charge < -0.3 is 19.9 Å². The summed E-state index contributed by atoms with van der Waals surface area (Å²) < 4.78 is 4.70. The van der Waals surface area contributed by atoms with E-state index in [0.29, 0.717) is 6.54 Å². The largest absolute Gasteiger partial charge is 0.466 e. The summed E-state index contributed by atoms with van der Waals surface area (Å²) in [6.07, 6.45) is 8.49. The second-order valence-corrected chi connectivity index (χ2v) is 9.11. The Hall–Kier alpha value is -3.12. The highest BCUT2D eigenvalue weighted by atomic mass is 16.5. The van der Waals surface area contributed by atoms with Crippen LogP contribution >= 0.6 is 0 Å². The lowest BCUT2D eigenvalue weighted by Gasteiger charge is -2.31. The van der Waals surface area contributed by atoms with Crippen molar-refractivity contribution in [2.45, 2.75) is 38.6 Å². The molecule has 0 unspecified atom stereocenters. The summed E-state index contributed by atoms with van der Waals surface area (Å²) in [5.41, 5.74) is 4.05. The predicted octanol–water partition coefficient (Wildman–Crippen LogP) is 4.40. The molecule has 0 radical (unpaired) electrons. The third-order valence-corrected chi connectivity index (χ3v) is 6.77. The third-order valence-electron chi connectivity index (χ3n) is 6.77. The van der Waals surface area contributed by atoms with Crippen LogP contribution in [0.1, 0.15) is 43.2 Å². The van der Waals surface area contributed by atoms with E-state index in [0.717, 1.165) is 68.7 Å². The minimum atomic E-state index is -0.398. The minimum Gasteiger partial charge on any atom is -0.466 e. The Bertz CT molecular complexity index is 990. The van der Waals surface area contributed by atoms with E-state index in [1.807, 2.05) is 29.2 Å². The quantitative estimate of drug-likeness (QED) is 0.489. The first-order valence-corrected chi connectivity index (χ1v) is 12.4. The summed E-state index contributed by atoms with van der Waals surface area (Å²) in [7, 11) is 1.36. The Morgan fingerprint density at radius 1 is 1.06 bits per heavy atom. The van der Waals surface area contributed by atoms with E-state index < -0.39 is 5.97 Å². The van der Waals surface area contributed by atoms with Crippen LogP contribution < -0.4 is 15.1 Å². The van der Waals surface area contributed by atoms with Crippen molar-refractivity contribution < 1.29 is 14.3 Å². The first-order valence-electron chi connectivity index (χ1n) is 12.4. The highest BCUT2D eigenvalue weighted by Crippen LogP contribution is 2.29. The molecule has 1 N–H and O–H groups in total. The molecule has 2 aliphatic rings. The topological polar surface area (TPSA) is 61.9 Å². The average Bonchev–Trinajstić information content (AvgIpc) is 2.91. The summed E-state index contributed by atoms with van der Waals surface area (Å²) >= 11 is 0. The number of ether oxygens (including phenoxy) is 1. The monoisotopic (exact) mass is 461 g/mol. The molecule has 1 saturated carbocycles. The number of benzene rings is 2. The number of carbonyl (C=O) groups excluding carboxylic acids is 2. The van der Waals surface area contributed by atoms with E-state index >= 15 is 0 Å². The van der Waals surface area contributed by atoms with Crippen LogP contribution in [0.3, 0.4) is 0 Å². The van der Waals surface area contributed by atoms with Gasteiger partial charge in [0.1, 0.15) is 0 Å². The third kappa shape index (κ3) is 6.26. The molecule has 4 rings (SSSR count). The molecular formula is C28H35N3O3. The Morgan fingerprint density at radius 2 is 1.79 bits per heavy atom. The molecular weight excluding hydrogens is 426 g/mol. The second kappa shape index (κ2) is 11.8. The van der Waals surface area contributed by atoms with Crippen LogP contribution in [-0.4, -0.2) is 45.2 Å². The van der Waals surface area contributed by atoms with Crippen molar-refractivity contribution in [2.24, 2.45) is 5.92 Å². The molecule has 0 aromatic heterocycles. The number of carbonyl (C=O) groups is 2. The first kappa shape index (κ1) is 24.0. The number of methoxy groups -OCH3 is 1. The van der Waals surface area contributed by atoms with Crippen LogP contribution in [0.2, 0.25) is 0 Å². The SMILES string of the molecule is COC(=O)/C=C/c1cccc(N(Cc2ccc(N3CCNCC3)cc2)C(=O)C2CCCCC2)c1. The van der Waals surface area contributed by atoms with Gasteiger partial charge in [-0.3, -0.25) is 4.79 Å². The number of anilines is 2. The van der Waals surface area contributed by atoms with Crippen molar-refractivity contribution in [3.8, 4) is 0 Å². The van der Waals surface area contributed by atoms with Crippen LogP contribution in [0.15, 0.2) is 54.6 Å². The number of hydrogen-bond acceptors (Lipinski definition) is 5. The smallest absolute Gasteiger partial charge is 0.330 e. The zero-order chi connectivity index (χ0) is 23.8. The van der Waals surface area contributed by atoms with Crippen molar-refractivity contribution in [1.29, 1.82) is 0 Å². The highest BCUT2D eigenvalue weighted by Gasteiger charge is 2.27. The van der Waals surface area contributed by atoms with Crippen LogP contribution in [0.4, 0.5) is 11.4 Å². The Labute approximate surface area is 202 Å². The van der Waals surface area contributed by atoms with Crippen LogP contribution in [0, 0.1) is 5.92 Å². The van der Waals surface area contributed by atoms with Gasteiger partial charge in [-0.15, -0.1) is 0 Å². The molecule has 0 spiro atoms. The summed E-state index contributed by atoms with van der Waals surface area (Å²) in [6.45, 7) is 4.56. The zero-order valence-corrected chi connectivity index (χ0v) is 20.0. The van der Waals surface area contributed by atoms with Gasteiger partial charge in [0.05, 0.1) is 13.7 Å². The molecule has 2 aromatic rings. The van der Waals surface area contributed by atoms with Crippen LogP contribution in [-0.2, 0) is 20.9 Å². The first-order chi connectivity index (χ1) is 16.6. The van der Waals surface area contributed by atoms with Gasteiger partial charge in [0.25, 0.3) is 0 Å².